The highest BCUT2D eigenvalue weighted by Crippen LogP contribution is 2.66. The number of esters is 2. The molecule has 2 heterocycles. The first-order valence-electron chi connectivity index (χ1n) is 25.9. The number of benzene rings is 4. The Morgan fingerprint density at radius 1 is 0.855 bits per heavy atom. The van der Waals surface area contributed by atoms with Crippen molar-refractivity contribution in [2.45, 2.75) is 111 Å². The van der Waals surface area contributed by atoms with Crippen molar-refractivity contribution in [3.05, 3.63) is 137 Å². The van der Waals surface area contributed by atoms with E-state index in [9.17, 15) is 34.5 Å². The molecule has 3 fully saturated rings. The molecule has 9 rings (SSSR count). The molecule has 2 bridgehead atoms. The van der Waals surface area contributed by atoms with E-state index >= 15 is 4.79 Å². The molecule has 0 aromatic heterocycles. The Labute approximate surface area is 446 Å². The third kappa shape index (κ3) is 9.12. The fourth-order valence-corrected chi connectivity index (χ4v) is 15.5. The summed E-state index contributed by atoms with van der Waals surface area (Å²) in [5.41, 5.74) is 2.10. The molecule has 404 valence electrons. The molecule has 3 unspecified atom stereocenters. The Bertz CT molecular complexity index is 2930. The lowest BCUT2D eigenvalue weighted by Crippen LogP contribution is -2.79. The molecule has 4 N–H and O–H groups in total. The molecule has 4 aromatic carbocycles. The fraction of sp³-hybridized carbons (Fsp3) is 0.450. The van der Waals surface area contributed by atoms with Gasteiger partial charge in [-0.25, -0.2) is 9.59 Å². The number of aliphatic hydroxyl groups is 3. The molecule has 0 radical (unpaired) electrons. The molecule has 3 aliphatic carbocycles. The number of ketones is 1. The summed E-state index contributed by atoms with van der Waals surface area (Å²) in [6.07, 6.45) is -1.62. The second-order valence-corrected chi connectivity index (χ2v) is 26.1. The van der Waals surface area contributed by atoms with Gasteiger partial charge >= 0.3 is 11.9 Å². The van der Waals surface area contributed by atoms with E-state index in [-0.39, 0.29) is 43.5 Å². The third-order valence-corrected chi connectivity index (χ3v) is 20.2. The minimum atomic E-state index is -1.94. The summed E-state index contributed by atoms with van der Waals surface area (Å²) in [5, 5.41) is 39.4. The van der Waals surface area contributed by atoms with Crippen LogP contribution in [0.1, 0.15) is 86.5 Å². The van der Waals surface area contributed by atoms with Crippen LogP contribution in [0.2, 0.25) is 0 Å². The van der Waals surface area contributed by atoms with E-state index in [4.69, 9.17) is 18.9 Å². The average molecular weight is 1060 g/mol. The number of carbonyl (C=O) groups excluding carboxylic acids is 5. The summed E-state index contributed by atoms with van der Waals surface area (Å²) in [6.45, 7) is 6.84. The minimum absolute atomic E-state index is 0.0245. The van der Waals surface area contributed by atoms with Gasteiger partial charge in [0.25, 0.3) is 6.47 Å². The molecule has 76 heavy (non-hydrogen) atoms. The molecule has 0 spiro atoms. The van der Waals surface area contributed by atoms with Gasteiger partial charge in [0.15, 0.2) is 17.5 Å². The molecule has 5 aliphatic rings. The van der Waals surface area contributed by atoms with Crippen LogP contribution < -0.4 is 15.1 Å². The zero-order valence-electron chi connectivity index (χ0n) is 44.9. The van der Waals surface area contributed by atoms with Crippen molar-refractivity contribution in [1.82, 2.24) is 5.32 Å². The Kier molecular flexibility index (Phi) is 14.8. The maximum Gasteiger partial charge on any atom is 0.338 e. The van der Waals surface area contributed by atoms with Crippen LogP contribution in [0, 0.1) is 22.7 Å². The van der Waals surface area contributed by atoms with E-state index in [0.717, 1.165) is 28.1 Å². The monoisotopic (exact) mass is 1060 g/mol. The van der Waals surface area contributed by atoms with Gasteiger partial charge in [0.2, 0.25) is 5.91 Å². The number of carbonyl (C=O) groups is 5. The molecule has 1 amide bonds. The Morgan fingerprint density at radius 3 is 2.00 bits per heavy atom. The van der Waals surface area contributed by atoms with E-state index in [1.165, 1.54) is 16.7 Å². The summed E-state index contributed by atoms with van der Waals surface area (Å²) < 4.78 is 24.6. The van der Waals surface area contributed by atoms with Crippen LogP contribution >= 0.6 is 10.0 Å². The first-order valence-corrected chi connectivity index (χ1v) is 28.3. The number of Topliss-reactive ketones (excluding diaryl/α,β-unsaturated/α-hetero) is 1. The van der Waals surface area contributed by atoms with Crippen molar-refractivity contribution in [3.8, 4) is 0 Å². The summed E-state index contributed by atoms with van der Waals surface area (Å²) >= 11 is 0. The molecule has 2 saturated carbocycles. The smallest absolute Gasteiger partial charge is 0.338 e. The van der Waals surface area contributed by atoms with Gasteiger partial charge in [-0.15, -0.1) is 0 Å². The number of rotatable bonds is 14. The second kappa shape index (κ2) is 20.6. The Morgan fingerprint density at radius 2 is 1.45 bits per heavy atom. The first kappa shape index (κ1) is 54.5. The highest BCUT2D eigenvalue weighted by molar-refractivity contribution is 8.32. The number of nitrogens with one attached hydrogen (secondary N) is 1. The largest absolute Gasteiger partial charge is 0.458 e. The summed E-state index contributed by atoms with van der Waals surface area (Å²) in [7, 11) is 6.66. The minimum Gasteiger partial charge on any atom is -0.458 e. The number of ether oxygens (including phenoxy) is 4. The zero-order valence-corrected chi connectivity index (χ0v) is 45.8. The van der Waals surface area contributed by atoms with E-state index in [0.29, 0.717) is 17.6 Å². The highest BCUT2D eigenvalue weighted by atomic mass is 32.3. The van der Waals surface area contributed by atoms with Gasteiger partial charge in [-0.1, -0.05) is 80.6 Å². The second-order valence-electron chi connectivity index (χ2n) is 22.6. The van der Waals surface area contributed by atoms with E-state index in [1.807, 2.05) is 28.2 Å². The average Bonchev–Trinajstić information content (AvgIpc) is 3.53. The van der Waals surface area contributed by atoms with Gasteiger partial charge in [-0.05, 0) is 114 Å². The molecule has 11 atom stereocenters. The zero-order chi connectivity index (χ0) is 54.8. The van der Waals surface area contributed by atoms with Gasteiger partial charge < -0.3 is 49.4 Å². The summed E-state index contributed by atoms with van der Waals surface area (Å²) in [6, 6.07) is 28.7. The van der Waals surface area contributed by atoms with Crippen LogP contribution in [-0.4, -0.2) is 135 Å². The number of anilines is 2. The Hall–Kier alpha value is -6.30. The summed E-state index contributed by atoms with van der Waals surface area (Å²) in [5.74, 6) is -5.16. The van der Waals surface area contributed by atoms with E-state index in [1.54, 1.807) is 81.4 Å². The molecular weight excluding hydrogens is 987 g/mol. The van der Waals surface area contributed by atoms with Crippen LogP contribution in [0.25, 0.3) is 5.57 Å². The van der Waals surface area contributed by atoms with Gasteiger partial charge in [-0.3, -0.25) is 14.4 Å². The van der Waals surface area contributed by atoms with Gasteiger partial charge in [-0.2, -0.15) is 10.0 Å². The molecule has 1 saturated heterocycles. The number of allylic oxidation sites excluding steroid dienone is 1. The fourth-order valence-electron chi connectivity index (χ4n) is 13.0. The van der Waals surface area contributed by atoms with Crippen molar-refractivity contribution < 1.29 is 58.2 Å². The lowest BCUT2D eigenvalue weighted by molar-refractivity contribution is -0.332. The molecule has 16 heteroatoms. The van der Waals surface area contributed by atoms with Crippen molar-refractivity contribution in [2.75, 3.05) is 57.1 Å². The predicted octanol–water partition coefficient (Wildman–Crippen LogP) is 7.19. The quantitative estimate of drug-likeness (QED) is 0.0428. The van der Waals surface area contributed by atoms with Crippen LogP contribution in [-0.2, 0) is 38.1 Å². The van der Waals surface area contributed by atoms with E-state index < -0.39 is 105 Å². The van der Waals surface area contributed by atoms with E-state index in [2.05, 4.69) is 70.1 Å². The molecule has 15 nitrogen and oxygen atoms in total. The topological polar surface area (TPSA) is 201 Å². The van der Waals surface area contributed by atoms with Crippen LogP contribution in [0.3, 0.4) is 0 Å². The molecule has 2 aliphatic heterocycles. The number of hydrogen-bond acceptors (Lipinski definition) is 14. The Balaban J connectivity index is 1.02. The lowest BCUT2D eigenvalue weighted by Gasteiger charge is -2.65. The van der Waals surface area contributed by atoms with Crippen molar-refractivity contribution in [1.29, 1.82) is 0 Å². The van der Waals surface area contributed by atoms with Gasteiger partial charge in [0.05, 0.1) is 35.6 Å². The highest BCUT2D eigenvalue weighted by Gasteiger charge is 2.75. The molecular formula is C60H71N3O12S. The molecule has 4 aromatic rings. The van der Waals surface area contributed by atoms with Crippen LogP contribution in [0.15, 0.2) is 124 Å². The number of fused-ring (bicyclic) bond motifs is 7. The van der Waals surface area contributed by atoms with Crippen LogP contribution in [0.4, 0.5) is 11.4 Å². The van der Waals surface area contributed by atoms with Crippen molar-refractivity contribution in [2.24, 2.45) is 22.7 Å². The lowest BCUT2D eigenvalue weighted by atomic mass is 9.46. The first-order chi connectivity index (χ1) is 36.0. The number of nitrogens with zero attached hydrogens (tertiary/aromatic N) is 2. The summed E-state index contributed by atoms with van der Waals surface area (Å²) in [4.78, 5) is 77.2. The number of amides is 1. The van der Waals surface area contributed by atoms with Gasteiger partial charge in [0.1, 0.15) is 24.4 Å². The van der Waals surface area contributed by atoms with Crippen molar-refractivity contribution in [3.63, 3.8) is 0 Å². The maximum absolute atomic E-state index is 15.1. The van der Waals surface area contributed by atoms with Gasteiger partial charge in [0, 0.05) is 68.1 Å². The number of aliphatic hydroxyl groups excluding tert-OH is 3. The normalized spacial score (nSPS) is 28.9. The van der Waals surface area contributed by atoms with Crippen molar-refractivity contribution >= 4 is 57.1 Å². The predicted molar refractivity (Wildman–Crippen MR) is 290 cm³/mol. The number of hydrogen-bond donors (Lipinski definition) is 4. The van der Waals surface area contributed by atoms with Crippen LogP contribution in [0.5, 0.6) is 0 Å². The standard InChI is InChI=1S/C60H71N3O12S/c1-34-43(30-42-53(75-56(70)36-20-15-12-16-21-36)54-59(4,55(69)51(67)49(34)58(42,2)3)46(65)31-47-60(54,32-72-47)73-33-64)74-57(71)52(68)50(35-18-13-11-14-19-35)61-48(66)23-17-22-39-40-26-24-37(62(5)6)28-44(40)76(9,10)45-29-38(63(7)8)25-27-41(39)45/h11-16,18-22,24-29,33,42-43,46-47,50-54,65,67-68H,17,23,30-32H2,1-10H3,(H,61,66)/t42?,43-,46-,47+,50?,51+,52?,53+,54-,59+,60-/m0/s1. The third-order valence-electron chi connectivity index (χ3n) is 17.3. The SMILES string of the molecule is CC1=C2[C@@H](O)C(=O)[C@@]3(C)[C@H]([C@H](OC(=O)c4ccccc4)C(C[C@@H]1OC(=O)C(O)C(NC(=O)CCC=C1c4ccc(N(C)C)cc4S(C)(C)c4cc(N(C)C)ccc41)c1ccccc1)C2(C)C)[C@]1(OC=O)CO[C@@H]1C[C@@H]3O. The maximum atomic E-state index is 15.1.